The number of esters is 1. The summed E-state index contributed by atoms with van der Waals surface area (Å²) in [5, 5.41) is 65.4. The minimum Gasteiger partial charge on any atom is -0.459 e. The summed E-state index contributed by atoms with van der Waals surface area (Å²) in [6.45, 7) is 18.7. The van der Waals surface area contributed by atoms with Crippen LogP contribution in [0.25, 0.3) is 0 Å². The van der Waals surface area contributed by atoms with E-state index in [1.54, 1.807) is 39.5 Å². The smallest absolute Gasteiger partial charge is 0.309 e. The molecule has 0 aromatic heterocycles. The van der Waals surface area contributed by atoms with Crippen molar-refractivity contribution in [2.24, 2.45) is 23.7 Å². The number of hydrogen-bond donors (Lipinski definition) is 5. The van der Waals surface area contributed by atoms with Gasteiger partial charge < -0.3 is 63.9 Å². The topological polar surface area (TPSA) is 191 Å². The van der Waals surface area contributed by atoms with Crippen molar-refractivity contribution >= 4 is 35.1 Å². The average molecular weight is 1190 g/mol. The van der Waals surface area contributed by atoms with Gasteiger partial charge in [-0.3, -0.25) is 9.59 Å². The highest BCUT2D eigenvalue weighted by atomic mass is 31.2. The van der Waals surface area contributed by atoms with Crippen molar-refractivity contribution in [1.29, 1.82) is 0 Å². The Bertz CT molecular complexity index is 2450. The number of hydrogen-bond acceptors (Lipinski definition) is 14. The van der Waals surface area contributed by atoms with Crippen LogP contribution >= 0.6 is 7.26 Å². The maximum Gasteiger partial charge on any atom is 0.309 e. The van der Waals surface area contributed by atoms with E-state index in [1.165, 1.54) is 35.5 Å². The number of aliphatic hydroxyl groups is 5. The van der Waals surface area contributed by atoms with Gasteiger partial charge in [-0.2, -0.15) is 0 Å². The number of carbonyl (C=O) groups excluding carboxylic acids is 2. The molecule has 18 atom stereocenters. The number of benzene rings is 3. The molecular weight excluding hydrogens is 1080 g/mol. The van der Waals surface area contributed by atoms with Gasteiger partial charge in [-0.1, -0.05) is 108 Å². The third-order valence-corrected chi connectivity index (χ3v) is 23.9. The van der Waals surface area contributed by atoms with Crippen LogP contribution in [0.2, 0.25) is 0 Å². The first-order valence-corrected chi connectivity index (χ1v) is 33.5. The van der Waals surface area contributed by atoms with Gasteiger partial charge >= 0.3 is 5.97 Å². The van der Waals surface area contributed by atoms with Crippen LogP contribution in [0.3, 0.4) is 0 Å². The molecule has 3 fully saturated rings. The molecule has 3 aromatic rings. The number of nitrogens with zero attached hydrogens (tertiary/aromatic N) is 3. The summed E-state index contributed by atoms with van der Waals surface area (Å²) in [6, 6.07) is 30.0. The molecule has 5 N–H and O–H groups in total. The van der Waals surface area contributed by atoms with Crippen molar-refractivity contribution in [1.82, 2.24) is 14.7 Å². The molecule has 0 aliphatic carbocycles. The van der Waals surface area contributed by atoms with Crippen molar-refractivity contribution in [2.75, 3.05) is 48.0 Å². The number of unbranched alkanes of at least 4 members (excludes halogenated alkanes) is 6. The lowest BCUT2D eigenvalue weighted by molar-refractivity contribution is -0.302. The zero-order valence-electron chi connectivity index (χ0n) is 53.7. The van der Waals surface area contributed by atoms with E-state index >= 15 is 0 Å². The second-order valence-corrected chi connectivity index (χ2v) is 30.2. The second-order valence-electron chi connectivity index (χ2n) is 26.7. The normalized spacial score (nSPS) is 35.1. The van der Waals surface area contributed by atoms with E-state index < -0.39 is 109 Å². The summed E-state index contributed by atoms with van der Waals surface area (Å²) < 4.78 is 32.2. The predicted molar refractivity (Wildman–Crippen MR) is 336 cm³/mol. The molecule has 84 heavy (non-hydrogen) atoms. The summed E-state index contributed by atoms with van der Waals surface area (Å²) in [4.78, 5) is 35.5. The number of amides is 1. The highest BCUT2D eigenvalue weighted by Crippen LogP contribution is 2.57. The third kappa shape index (κ3) is 16.5. The van der Waals surface area contributed by atoms with Crippen LogP contribution in [0.1, 0.15) is 152 Å². The van der Waals surface area contributed by atoms with Gasteiger partial charge in [0.1, 0.15) is 53.2 Å². The molecule has 3 saturated heterocycles. The van der Waals surface area contributed by atoms with Crippen LogP contribution in [-0.2, 0) is 39.8 Å². The monoisotopic (exact) mass is 1190 g/mol. The minimum absolute atomic E-state index is 0.0996. The zero-order chi connectivity index (χ0) is 61.9. The molecule has 0 bridgehead atoms. The molecule has 472 valence electrons. The summed E-state index contributed by atoms with van der Waals surface area (Å²) >= 11 is 0. The Morgan fingerprint density at radius 2 is 1.33 bits per heavy atom. The summed E-state index contributed by atoms with van der Waals surface area (Å²) in [7, 11) is 7.58. The Kier molecular flexibility index (Phi) is 25.4. The fourth-order valence-corrected chi connectivity index (χ4v) is 19.2. The van der Waals surface area contributed by atoms with E-state index in [9.17, 15) is 35.1 Å². The molecule has 3 aliphatic rings. The van der Waals surface area contributed by atoms with Crippen LogP contribution in [0.5, 0.6) is 0 Å². The van der Waals surface area contributed by atoms with Gasteiger partial charge in [0.05, 0.1) is 53.7 Å². The third-order valence-electron chi connectivity index (χ3n) is 19.3. The van der Waals surface area contributed by atoms with E-state index in [-0.39, 0.29) is 50.3 Å². The molecule has 0 spiro atoms. The first kappa shape index (κ1) is 69.7. The van der Waals surface area contributed by atoms with E-state index in [0.717, 1.165) is 51.2 Å². The van der Waals surface area contributed by atoms with Crippen molar-refractivity contribution in [3.63, 3.8) is 0 Å². The van der Waals surface area contributed by atoms with Gasteiger partial charge in [0.15, 0.2) is 6.29 Å². The van der Waals surface area contributed by atoms with Gasteiger partial charge in [-0.05, 0) is 150 Å². The van der Waals surface area contributed by atoms with Crippen molar-refractivity contribution in [2.45, 2.75) is 237 Å². The van der Waals surface area contributed by atoms with E-state index in [0.29, 0.717) is 12.8 Å². The number of likely N-dealkylation sites (N-methyl/N-ethyl adjacent to an activating group) is 1. The van der Waals surface area contributed by atoms with Gasteiger partial charge in [0.2, 0.25) is 5.91 Å². The predicted octanol–water partition coefficient (Wildman–Crippen LogP) is 8.25. The quantitative estimate of drug-likeness (QED) is 0.0389. The maximum atomic E-state index is 14.9. The Hall–Kier alpha value is -3.41. The van der Waals surface area contributed by atoms with E-state index in [1.807, 2.05) is 46.7 Å². The first-order valence-electron chi connectivity index (χ1n) is 31.5. The molecule has 3 heterocycles. The Balaban J connectivity index is 1.22. The summed E-state index contributed by atoms with van der Waals surface area (Å²) in [5.74, 6) is -3.66. The molecule has 1 unspecified atom stereocenters. The lowest BCUT2D eigenvalue weighted by atomic mass is 9.68. The van der Waals surface area contributed by atoms with Crippen LogP contribution < -0.4 is 15.9 Å². The van der Waals surface area contributed by atoms with Crippen molar-refractivity contribution < 1.29 is 58.8 Å². The molecule has 15 nitrogen and oxygen atoms in total. The fourth-order valence-electron chi connectivity index (χ4n) is 14.6. The van der Waals surface area contributed by atoms with Gasteiger partial charge in [0.25, 0.3) is 0 Å². The second kappa shape index (κ2) is 30.7. The molecule has 3 aliphatic heterocycles. The number of cyclic esters (lactones) is 1. The van der Waals surface area contributed by atoms with Crippen molar-refractivity contribution in [3.8, 4) is 0 Å². The number of aliphatic hydroxyl groups excluding tert-OH is 3. The molecule has 3 aromatic carbocycles. The highest BCUT2D eigenvalue weighted by Gasteiger charge is 2.56. The maximum absolute atomic E-state index is 14.9. The molecule has 6 rings (SSSR count). The Labute approximate surface area is 505 Å². The lowest BCUT2D eigenvalue weighted by Crippen LogP contribution is -2.61. The fraction of sp³-hybridized carbons (Fsp3) is 0.706. The SMILES string of the molecule is CC[C@H]1OC(=O)[C@H](C)C([C@H]2C[C@@](C)(OC)[C@@H](O)[C@H](C)O2)[C@H](C)[C@@H](O[C@@H]2O[C@H](C)C[C@H](N(C)C)[C@H]2O)[C@](C)(O)C[C@@H](C)CN(C(=O)CCCCCCCCC[P+](c2ccccc2)(c2ccccc2)c2ccccc2CN(C)C)[C@H](C)[C@@H](O)[C@]1(C)O. The molecular formula is C68H109N3O12P+. The summed E-state index contributed by atoms with van der Waals surface area (Å²) in [6.07, 6.45) is 0.210. The van der Waals surface area contributed by atoms with Crippen molar-refractivity contribution in [3.05, 3.63) is 90.5 Å². The number of ether oxygens (including phenoxy) is 5. The van der Waals surface area contributed by atoms with Crippen LogP contribution in [0, 0.1) is 23.7 Å². The van der Waals surface area contributed by atoms with Crippen LogP contribution in [0.4, 0.5) is 0 Å². The van der Waals surface area contributed by atoms with Gasteiger partial charge in [-0.15, -0.1) is 0 Å². The standard InChI is InChI=1S/C68H109N3O12P/c1-16-57-68(10,78)61(74)49(6)71(58(72)38-28-20-18-17-19-21-31-39-84(52-33-24-22-25-34-52,53-35-26-23-27-36-53)56-37-30-29-32-51(56)44-69(11)12)43-45(2)41-66(8,77)63(83-65-60(73)54(70(13)14)40-46(3)80-65)47(4)59(48(5)64(76)82-57)55-42-67(9,79-15)62(75)50(7)81-55/h22-27,29-30,32-37,45-50,54-55,57,59-63,65,73-75,77-78H,16-21,28,31,38-44H2,1-15H3/q+1/t45-,46-,47+,48-,49-,50+,54+,55-,57-,59?,60-,61-,62+,63-,65+,66-,67-,68-/m1/s1. The minimum atomic E-state index is -2.02. The van der Waals surface area contributed by atoms with E-state index in [4.69, 9.17) is 23.7 Å². The largest absolute Gasteiger partial charge is 0.459 e. The summed E-state index contributed by atoms with van der Waals surface area (Å²) in [5.41, 5.74) is -3.37. The number of rotatable bonds is 21. The average Bonchev–Trinajstić information content (AvgIpc) is 1.53. The molecule has 1 amide bonds. The molecule has 0 saturated carbocycles. The Morgan fingerprint density at radius 3 is 1.90 bits per heavy atom. The zero-order valence-corrected chi connectivity index (χ0v) is 54.6. The highest BCUT2D eigenvalue weighted by molar-refractivity contribution is 7.95. The van der Waals surface area contributed by atoms with Gasteiger partial charge in [0, 0.05) is 50.6 Å². The van der Waals surface area contributed by atoms with Crippen LogP contribution in [-0.4, -0.2) is 184 Å². The first-order chi connectivity index (χ1) is 39.6. The van der Waals surface area contributed by atoms with Gasteiger partial charge in [-0.25, -0.2) is 0 Å². The Morgan fingerprint density at radius 1 is 0.762 bits per heavy atom. The lowest BCUT2D eigenvalue weighted by Gasteiger charge is -2.51. The molecule has 16 heteroatoms. The van der Waals surface area contributed by atoms with E-state index in [2.05, 4.69) is 104 Å². The number of carbonyl (C=O) groups is 2. The number of methoxy groups -OCH3 is 1. The van der Waals surface area contributed by atoms with Crippen LogP contribution in [0.15, 0.2) is 84.9 Å². The molecule has 0 radical (unpaired) electrons.